The van der Waals surface area contributed by atoms with Gasteiger partial charge in [-0.3, -0.25) is 0 Å². The van der Waals surface area contributed by atoms with Crippen LogP contribution in [-0.4, -0.2) is 39.8 Å². The molecular formula is C15H24N6. The van der Waals surface area contributed by atoms with Gasteiger partial charge in [-0.2, -0.15) is 9.61 Å². The Morgan fingerprint density at radius 3 is 2.90 bits per heavy atom. The number of hydrogen-bond donors (Lipinski definition) is 2. The van der Waals surface area contributed by atoms with Crippen molar-refractivity contribution in [3.63, 3.8) is 0 Å². The predicted octanol–water partition coefficient (Wildman–Crippen LogP) is 1.87. The first kappa shape index (κ1) is 14.1. The number of hydrogen-bond acceptors (Lipinski definition) is 5. The summed E-state index contributed by atoms with van der Waals surface area (Å²) >= 11 is 0. The second-order valence-corrected chi connectivity index (χ2v) is 6.22. The summed E-state index contributed by atoms with van der Waals surface area (Å²) in [6, 6.07) is 5.14. The van der Waals surface area contributed by atoms with Crippen molar-refractivity contribution in [1.29, 1.82) is 0 Å². The lowest BCUT2D eigenvalue weighted by Crippen LogP contribution is -2.27. The number of nitrogens with zero attached hydrogens (tertiary/aromatic N) is 4. The first-order valence-corrected chi connectivity index (χ1v) is 7.64. The molecule has 0 unspecified atom stereocenters. The average Bonchev–Trinajstić information content (AvgIpc) is 3.06. The van der Waals surface area contributed by atoms with Gasteiger partial charge in [0.2, 0.25) is 0 Å². The fourth-order valence-corrected chi connectivity index (χ4v) is 2.80. The van der Waals surface area contributed by atoms with Gasteiger partial charge in [0.1, 0.15) is 11.6 Å². The van der Waals surface area contributed by atoms with Crippen LogP contribution in [0.3, 0.4) is 0 Å². The molecular weight excluding hydrogens is 264 g/mol. The van der Waals surface area contributed by atoms with E-state index < -0.39 is 0 Å². The van der Waals surface area contributed by atoms with Crippen molar-refractivity contribution in [3.8, 4) is 0 Å². The molecule has 1 saturated carbocycles. The Kier molecular flexibility index (Phi) is 3.71. The van der Waals surface area contributed by atoms with Crippen LogP contribution in [0.1, 0.15) is 33.1 Å². The molecule has 3 N–H and O–H groups in total. The molecule has 0 aromatic carbocycles. The van der Waals surface area contributed by atoms with E-state index >= 15 is 0 Å². The molecule has 0 aliphatic heterocycles. The van der Waals surface area contributed by atoms with Crippen LogP contribution in [0.4, 0.5) is 11.6 Å². The average molecular weight is 288 g/mol. The van der Waals surface area contributed by atoms with E-state index in [1.54, 1.807) is 6.20 Å². The smallest absolute Gasteiger partial charge is 0.159 e. The highest BCUT2D eigenvalue weighted by Gasteiger charge is 2.23. The maximum Gasteiger partial charge on any atom is 0.159 e. The van der Waals surface area contributed by atoms with Crippen molar-refractivity contribution < 1.29 is 0 Å². The van der Waals surface area contributed by atoms with Crippen LogP contribution >= 0.6 is 0 Å². The van der Waals surface area contributed by atoms with Gasteiger partial charge in [0.05, 0.1) is 6.20 Å². The Morgan fingerprint density at radius 2 is 2.24 bits per heavy atom. The maximum atomic E-state index is 6.01. The topological polar surface area (TPSA) is 71.5 Å². The highest BCUT2D eigenvalue weighted by molar-refractivity contribution is 5.58. The van der Waals surface area contributed by atoms with E-state index in [9.17, 15) is 0 Å². The summed E-state index contributed by atoms with van der Waals surface area (Å²) in [5, 5.41) is 7.96. The van der Waals surface area contributed by atoms with Gasteiger partial charge in [-0.15, -0.1) is 0 Å². The molecule has 6 nitrogen and oxygen atoms in total. The minimum atomic E-state index is 0.315. The number of nitrogens with one attached hydrogen (secondary N) is 1. The second-order valence-electron chi connectivity index (χ2n) is 6.22. The third kappa shape index (κ3) is 2.81. The van der Waals surface area contributed by atoms with Crippen molar-refractivity contribution in [3.05, 3.63) is 18.3 Å². The van der Waals surface area contributed by atoms with Crippen LogP contribution in [-0.2, 0) is 0 Å². The van der Waals surface area contributed by atoms with E-state index in [1.807, 2.05) is 10.6 Å². The van der Waals surface area contributed by atoms with Gasteiger partial charge in [0, 0.05) is 37.3 Å². The normalized spacial score (nSPS) is 22.1. The minimum absolute atomic E-state index is 0.315. The largest absolute Gasteiger partial charge is 0.367 e. The summed E-state index contributed by atoms with van der Waals surface area (Å²) < 4.78 is 1.86. The van der Waals surface area contributed by atoms with Gasteiger partial charge in [-0.1, -0.05) is 0 Å². The minimum Gasteiger partial charge on any atom is -0.367 e. The zero-order valence-electron chi connectivity index (χ0n) is 13.0. The molecule has 2 aromatic heterocycles. The van der Waals surface area contributed by atoms with Crippen molar-refractivity contribution in [2.75, 3.05) is 17.3 Å². The molecule has 2 atom stereocenters. The zero-order valence-corrected chi connectivity index (χ0v) is 13.0. The third-order valence-corrected chi connectivity index (χ3v) is 4.31. The molecule has 0 amide bonds. The second kappa shape index (κ2) is 5.52. The predicted molar refractivity (Wildman–Crippen MR) is 85.8 cm³/mol. The van der Waals surface area contributed by atoms with Crippen molar-refractivity contribution in [2.24, 2.45) is 5.73 Å². The van der Waals surface area contributed by atoms with Gasteiger partial charge < -0.3 is 16.0 Å². The quantitative estimate of drug-likeness (QED) is 0.898. The van der Waals surface area contributed by atoms with E-state index in [4.69, 9.17) is 5.73 Å². The summed E-state index contributed by atoms with van der Waals surface area (Å²) in [5.41, 5.74) is 6.87. The van der Waals surface area contributed by atoms with E-state index in [1.165, 1.54) is 0 Å². The van der Waals surface area contributed by atoms with Crippen LogP contribution in [0, 0.1) is 0 Å². The molecule has 0 bridgehead atoms. The number of aromatic nitrogens is 3. The highest BCUT2D eigenvalue weighted by atomic mass is 15.3. The molecule has 2 heterocycles. The molecule has 21 heavy (non-hydrogen) atoms. The van der Waals surface area contributed by atoms with E-state index in [2.05, 4.69) is 47.3 Å². The monoisotopic (exact) mass is 288 g/mol. The first-order valence-electron chi connectivity index (χ1n) is 7.64. The third-order valence-electron chi connectivity index (χ3n) is 4.31. The molecule has 0 saturated heterocycles. The molecule has 3 rings (SSSR count). The van der Waals surface area contributed by atoms with Crippen LogP contribution in [0.5, 0.6) is 0 Å². The molecule has 114 valence electrons. The van der Waals surface area contributed by atoms with Crippen molar-refractivity contribution >= 4 is 17.3 Å². The fraction of sp³-hybridized carbons (Fsp3) is 0.600. The zero-order chi connectivity index (χ0) is 15.0. The van der Waals surface area contributed by atoms with E-state index in [-0.39, 0.29) is 0 Å². The Labute approximate surface area is 125 Å². The fourth-order valence-electron chi connectivity index (χ4n) is 2.80. The Bertz CT molecular complexity index is 620. The van der Waals surface area contributed by atoms with Gasteiger partial charge in [0.15, 0.2) is 5.65 Å². The van der Waals surface area contributed by atoms with E-state index in [0.29, 0.717) is 18.1 Å². The lowest BCUT2D eigenvalue weighted by atomic mass is 10.2. The lowest BCUT2D eigenvalue weighted by molar-refractivity contribution is 0.684. The molecule has 2 aromatic rings. The molecule has 1 fully saturated rings. The van der Waals surface area contributed by atoms with Crippen LogP contribution < -0.4 is 16.0 Å². The molecule has 6 heteroatoms. The standard InChI is InChI=1S/C15H24N6/c1-10(2)20(3)14-9-15(18-12-5-4-11(16)8-12)21-13(19-14)6-7-17-21/h6-7,9-12,18H,4-5,8,16H2,1-3H3/t11-,12-/m0/s1. The Morgan fingerprint density at radius 1 is 1.43 bits per heavy atom. The molecule has 1 aliphatic rings. The maximum absolute atomic E-state index is 6.01. The van der Waals surface area contributed by atoms with Gasteiger partial charge >= 0.3 is 0 Å². The molecule has 0 spiro atoms. The summed E-state index contributed by atoms with van der Waals surface area (Å²) in [6.07, 6.45) is 5.00. The molecule has 1 aliphatic carbocycles. The number of fused-ring (bicyclic) bond motifs is 1. The summed E-state index contributed by atoms with van der Waals surface area (Å²) in [5.74, 6) is 1.95. The number of nitrogens with two attached hydrogens (primary N) is 1. The van der Waals surface area contributed by atoms with Crippen molar-refractivity contribution in [2.45, 2.75) is 51.2 Å². The summed E-state index contributed by atoms with van der Waals surface area (Å²) in [6.45, 7) is 4.32. The van der Waals surface area contributed by atoms with Crippen LogP contribution in [0.25, 0.3) is 5.65 Å². The first-order chi connectivity index (χ1) is 10.0. The van der Waals surface area contributed by atoms with Crippen LogP contribution in [0.2, 0.25) is 0 Å². The molecule has 0 radical (unpaired) electrons. The van der Waals surface area contributed by atoms with Crippen LogP contribution in [0.15, 0.2) is 18.3 Å². The highest BCUT2D eigenvalue weighted by Crippen LogP contribution is 2.25. The summed E-state index contributed by atoms with van der Waals surface area (Å²) in [7, 11) is 2.06. The van der Waals surface area contributed by atoms with Gasteiger partial charge in [-0.05, 0) is 33.1 Å². The SMILES string of the molecule is CC(C)N(C)c1cc(N[C@H]2CC[C@H](N)C2)n2nccc2n1. The van der Waals surface area contributed by atoms with Gasteiger partial charge in [-0.25, -0.2) is 4.98 Å². The summed E-state index contributed by atoms with van der Waals surface area (Å²) in [4.78, 5) is 6.83. The lowest BCUT2D eigenvalue weighted by Gasteiger charge is -2.24. The Balaban J connectivity index is 1.93. The van der Waals surface area contributed by atoms with Gasteiger partial charge in [0.25, 0.3) is 0 Å². The number of anilines is 2. The van der Waals surface area contributed by atoms with Crippen molar-refractivity contribution in [1.82, 2.24) is 14.6 Å². The Hall–Kier alpha value is -1.82. The number of rotatable bonds is 4. The van der Waals surface area contributed by atoms with E-state index in [0.717, 1.165) is 36.5 Å².